The van der Waals surface area contributed by atoms with Crippen molar-refractivity contribution >= 4 is 11.8 Å². The Morgan fingerprint density at radius 3 is 3.09 bits per heavy atom. The standard InChI is InChI=1S/C16H20N4O2/c1-2-14-17-8-10-20(14)12-5-4-9-19(11-12)15-7-3-6-13(18-15)16(21)22/h3,6-8,10,12H,2,4-5,9,11H2,1H3,(H,21,22). The molecule has 0 spiro atoms. The van der Waals surface area contributed by atoms with Crippen LogP contribution in [0.2, 0.25) is 0 Å². The van der Waals surface area contributed by atoms with Crippen molar-refractivity contribution in [2.75, 3.05) is 18.0 Å². The first-order valence-corrected chi connectivity index (χ1v) is 7.66. The number of hydrogen-bond acceptors (Lipinski definition) is 4. The molecule has 0 saturated carbocycles. The first-order valence-electron chi connectivity index (χ1n) is 7.66. The van der Waals surface area contributed by atoms with Crippen LogP contribution < -0.4 is 4.90 Å². The lowest BCUT2D eigenvalue weighted by atomic mass is 10.1. The molecule has 2 aromatic rings. The number of aryl methyl sites for hydroxylation is 1. The molecule has 1 aliphatic heterocycles. The van der Waals surface area contributed by atoms with Gasteiger partial charge < -0.3 is 14.6 Å². The maximum absolute atomic E-state index is 11.1. The van der Waals surface area contributed by atoms with Crippen molar-refractivity contribution in [1.29, 1.82) is 0 Å². The molecule has 1 atom stereocenters. The molecule has 1 fully saturated rings. The van der Waals surface area contributed by atoms with Crippen molar-refractivity contribution in [1.82, 2.24) is 14.5 Å². The van der Waals surface area contributed by atoms with Crippen LogP contribution >= 0.6 is 0 Å². The molecule has 22 heavy (non-hydrogen) atoms. The molecule has 0 amide bonds. The van der Waals surface area contributed by atoms with Crippen LogP contribution in [0.25, 0.3) is 0 Å². The van der Waals surface area contributed by atoms with E-state index >= 15 is 0 Å². The number of piperidine rings is 1. The quantitative estimate of drug-likeness (QED) is 0.938. The molecular formula is C16H20N4O2. The fourth-order valence-corrected chi connectivity index (χ4v) is 3.06. The molecule has 0 bridgehead atoms. The van der Waals surface area contributed by atoms with Crippen molar-refractivity contribution in [3.63, 3.8) is 0 Å². The van der Waals surface area contributed by atoms with Crippen LogP contribution in [0.15, 0.2) is 30.6 Å². The van der Waals surface area contributed by atoms with E-state index in [-0.39, 0.29) is 5.69 Å². The van der Waals surface area contributed by atoms with Crippen LogP contribution in [0.3, 0.4) is 0 Å². The minimum Gasteiger partial charge on any atom is -0.477 e. The van der Waals surface area contributed by atoms with E-state index in [1.165, 1.54) is 6.07 Å². The average Bonchev–Trinajstić information content (AvgIpc) is 3.04. The highest BCUT2D eigenvalue weighted by Crippen LogP contribution is 2.26. The van der Waals surface area contributed by atoms with Crippen molar-refractivity contribution in [2.24, 2.45) is 0 Å². The maximum Gasteiger partial charge on any atom is 0.354 e. The molecule has 2 aromatic heterocycles. The highest BCUT2D eigenvalue weighted by atomic mass is 16.4. The van der Waals surface area contributed by atoms with Gasteiger partial charge in [-0.1, -0.05) is 13.0 Å². The predicted molar refractivity (Wildman–Crippen MR) is 83.3 cm³/mol. The van der Waals surface area contributed by atoms with E-state index in [0.29, 0.717) is 6.04 Å². The summed E-state index contributed by atoms with van der Waals surface area (Å²) in [6, 6.07) is 5.52. The Labute approximate surface area is 129 Å². The monoisotopic (exact) mass is 300 g/mol. The van der Waals surface area contributed by atoms with Gasteiger partial charge in [-0.25, -0.2) is 14.8 Å². The summed E-state index contributed by atoms with van der Waals surface area (Å²) < 4.78 is 2.24. The lowest BCUT2D eigenvalue weighted by Gasteiger charge is -2.35. The number of carboxylic acids is 1. The first-order chi connectivity index (χ1) is 10.7. The molecule has 3 rings (SSSR count). The summed E-state index contributed by atoms with van der Waals surface area (Å²) in [6.07, 6.45) is 6.97. The van der Waals surface area contributed by atoms with Crippen LogP contribution in [0.4, 0.5) is 5.82 Å². The third kappa shape index (κ3) is 2.81. The lowest BCUT2D eigenvalue weighted by molar-refractivity contribution is 0.0690. The van der Waals surface area contributed by atoms with E-state index < -0.39 is 5.97 Å². The van der Waals surface area contributed by atoms with E-state index in [1.807, 2.05) is 18.5 Å². The molecule has 0 aromatic carbocycles. The SMILES string of the molecule is CCc1nccn1C1CCCN(c2cccc(C(=O)O)n2)C1. The zero-order valence-electron chi connectivity index (χ0n) is 12.6. The summed E-state index contributed by atoms with van der Waals surface area (Å²) in [5.41, 5.74) is 0.0940. The number of rotatable bonds is 4. The van der Waals surface area contributed by atoms with Gasteiger partial charge in [-0.15, -0.1) is 0 Å². The fraction of sp³-hybridized carbons (Fsp3) is 0.438. The van der Waals surface area contributed by atoms with Gasteiger partial charge in [-0.05, 0) is 25.0 Å². The average molecular weight is 300 g/mol. The number of carbonyl (C=O) groups is 1. The van der Waals surface area contributed by atoms with Gasteiger partial charge in [-0.2, -0.15) is 0 Å². The summed E-state index contributed by atoms with van der Waals surface area (Å²) >= 11 is 0. The predicted octanol–water partition coefficient (Wildman–Crippen LogP) is 2.38. The summed E-state index contributed by atoms with van der Waals surface area (Å²) in [5.74, 6) is 0.847. The summed E-state index contributed by atoms with van der Waals surface area (Å²) in [6.45, 7) is 3.85. The normalized spacial score (nSPS) is 18.4. The summed E-state index contributed by atoms with van der Waals surface area (Å²) in [4.78, 5) is 21.9. The number of aromatic carboxylic acids is 1. The molecule has 1 aliphatic rings. The number of aromatic nitrogens is 3. The van der Waals surface area contributed by atoms with Crippen LogP contribution in [0.1, 0.15) is 42.1 Å². The Morgan fingerprint density at radius 1 is 1.45 bits per heavy atom. The van der Waals surface area contributed by atoms with E-state index in [0.717, 1.165) is 44.0 Å². The van der Waals surface area contributed by atoms with Gasteiger partial charge in [0.2, 0.25) is 0 Å². The van der Waals surface area contributed by atoms with Gasteiger partial charge >= 0.3 is 5.97 Å². The second-order valence-electron chi connectivity index (χ2n) is 5.53. The Balaban J connectivity index is 1.81. The Kier molecular flexibility index (Phi) is 4.09. The summed E-state index contributed by atoms with van der Waals surface area (Å²) in [5, 5.41) is 9.08. The third-order valence-corrected chi connectivity index (χ3v) is 4.13. The van der Waals surface area contributed by atoms with Gasteiger partial charge in [0.15, 0.2) is 5.69 Å². The minimum atomic E-state index is -0.988. The zero-order valence-corrected chi connectivity index (χ0v) is 12.6. The van der Waals surface area contributed by atoms with Crippen molar-refractivity contribution in [3.8, 4) is 0 Å². The topological polar surface area (TPSA) is 71.2 Å². The molecule has 0 radical (unpaired) electrons. The number of pyridine rings is 1. The van der Waals surface area contributed by atoms with Gasteiger partial charge in [-0.3, -0.25) is 0 Å². The molecule has 6 nitrogen and oxygen atoms in total. The largest absolute Gasteiger partial charge is 0.477 e. The third-order valence-electron chi connectivity index (χ3n) is 4.13. The lowest BCUT2D eigenvalue weighted by Crippen LogP contribution is -2.37. The van der Waals surface area contributed by atoms with Crippen LogP contribution in [-0.4, -0.2) is 38.7 Å². The first kappa shape index (κ1) is 14.6. The smallest absolute Gasteiger partial charge is 0.354 e. The Morgan fingerprint density at radius 2 is 2.32 bits per heavy atom. The second-order valence-corrected chi connectivity index (χ2v) is 5.53. The van der Waals surface area contributed by atoms with Gasteiger partial charge in [0, 0.05) is 31.9 Å². The molecule has 3 heterocycles. The van der Waals surface area contributed by atoms with E-state index in [1.54, 1.807) is 6.07 Å². The van der Waals surface area contributed by atoms with E-state index in [9.17, 15) is 4.79 Å². The van der Waals surface area contributed by atoms with E-state index in [4.69, 9.17) is 5.11 Å². The van der Waals surface area contributed by atoms with Gasteiger partial charge in [0.25, 0.3) is 0 Å². The van der Waals surface area contributed by atoms with Crippen LogP contribution in [0, 0.1) is 0 Å². The minimum absolute atomic E-state index is 0.0940. The molecular weight excluding hydrogens is 280 g/mol. The van der Waals surface area contributed by atoms with Crippen molar-refractivity contribution in [3.05, 3.63) is 42.1 Å². The molecule has 1 saturated heterocycles. The molecule has 116 valence electrons. The number of imidazole rings is 1. The van der Waals surface area contributed by atoms with Gasteiger partial charge in [0.1, 0.15) is 11.6 Å². The number of carboxylic acid groups (broad SMARTS) is 1. The van der Waals surface area contributed by atoms with Crippen molar-refractivity contribution < 1.29 is 9.90 Å². The molecule has 6 heteroatoms. The number of anilines is 1. The zero-order chi connectivity index (χ0) is 15.5. The van der Waals surface area contributed by atoms with Crippen LogP contribution in [-0.2, 0) is 6.42 Å². The fourth-order valence-electron chi connectivity index (χ4n) is 3.06. The van der Waals surface area contributed by atoms with E-state index in [2.05, 4.69) is 26.4 Å². The second kappa shape index (κ2) is 6.17. The maximum atomic E-state index is 11.1. The molecule has 0 aliphatic carbocycles. The molecule has 1 N–H and O–H groups in total. The Bertz CT molecular complexity index is 668. The van der Waals surface area contributed by atoms with Crippen molar-refractivity contribution in [2.45, 2.75) is 32.2 Å². The number of hydrogen-bond donors (Lipinski definition) is 1. The number of nitrogens with zero attached hydrogens (tertiary/aromatic N) is 4. The Hall–Kier alpha value is -2.37. The van der Waals surface area contributed by atoms with Gasteiger partial charge in [0.05, 0.1) is 6.04 Å². The highest BCUT2D eigenvalue weighted by molar-refractivity contribution is 5.85. The van der Waals surface area contributed by atoms with Crippen LogP contribution in [0.5, 0.6) is 0 Å². The highest BCUT2D eigenvalue weighted by Gasteiger charge is 2.23. The summed E-state index contributed by atoms with van der Waals surface area (Å²) in [7, 11) is 0. The molecule has 1 unspecified atom stereocenters.